The Morgan fingerprint density at radius 1 is 0.714 bits per heavy atom. The Hall–Kier alpha value is -0.419. The summed E-state index contributed by atoms with van der Waals surface area (Å²) < 4.78 is 31.7. The molecule has 0 radical (unpaired) electrons. The molecule has 0 atom stereocenters. The summed E-state index contributed by atoms with van der Waals surface area (Å²) in [5.41, 5.74) is 8.44. The van der Waals surface area contributed by atoms with Crippen LogP contribution < -0.4 is 0 Å². The van der Waals surface area contributed by atoms with E-state index in [1.165, 1.54) is 0 Å². The van der Waals surface area contributed by atoms with Gasteiger partial charge in [-0.15, -0.1) is 5.73 Å². The second kappa shape index (κ2) is 10.3. The van der Waals surface area contributed by atoms with Crippen LogP contribution in [0, 0.1) is 0 Å². The van der Waals surface area contributed by atoms with Crippen molar-refractivity contribution in [3.05, 3.63) is 22.8 Å². The van der Waals surface area contributed by atoms with Gasteiger partial charge in [0.15, 0.2) is 0 Å². The van der Waals surface area contributed by atoms with E-state index in [9.17, 15) is 0 Å². The lowest BCUT2D eigenvalue weighted by molar-refractivity contribution is 0.138. The van der Waals surface area contributed by atoms with Crippen LogP contribution in [0.2, 0.25) is 6.55 Å². The number of hydrogen-bond donors (Lipinski definition) is 0. The molecule has 0 heterocycles. The van der Waals surface area contributed by atoms with E-state index in [1.807, 2.05) is 5.70 Å². The molecule has 0 aromatic heterocycles. The summed E-state index contributed by atoms with van der Waals surface area (Å²) in [5.74, 6) is 0. The van der Waals surface area contributed by atoms with Crippen LogP contribution in [-0.2, 0) is 26.6 Å². The Morgan fingerprint density at radius 3 is 1.48 bits per heavy atom. The molecule has 0 N–H and O–H groups in total. The number of hydrogen-bond acceptors (Lipinski definition) is 6. The molecule has 120 valence electrons. The molecule has 0 fully saturated rings. The molecule has 0 bridgehead atoms. The number of rotatable bonds is 9. The third-order valence-corrected chi connectivity index (χ3v) is 8.66. The van der Waals surface area contributed by atoms with Gasteiger partial charge < -0.3 is 26.6 Å². The van der Waals surface area contributed by atoms with Crippen molar-refractivity contribution in [2.75, 3.05) is 42.7 Å². The SMILES string of the molecule is CO[Si](C=C=C[Si](C)=C=C[Si](OC)(OC)OC)(OC)OC. The molecule has 0 amide bonds. The smallest absolute Gasteiger partial charge is 0.373 e. The fraction of sp³-hybridized carbons (Fsp3) is 0.583. The highest BCUT2D eigenvalue weighted by molar-refractivity contribution is 6.75. The first kappa shape index (κ1) is 20.6. The largest absolute Gasteiger partial charge is 0.536 e. The maximum absolute atomic E-state index is 5.30. The summed E-state index contributed by atoms with van der Waals surface area (Å²) >= 11 is 0. The normalized spacial score (nSPS) is 11.4. The Balaban J connectivity index is 5.23. The van der Waals surface area contributed by atoms with Gasteiger partial charge in [-0.3, -0.25) is 0 Å². The Bertz CT molecular complexity index is 414. The van der Waals surface area contributed by atoms with Gasteiger partial charge in [-0.2, -0.15) is 5.33 Å². The molecule has 0 rings (SSSR count). The van der Waals surface area contributed by atoms with E-state index in [0.717, 1.165) is 0 Å². The molecular weight excluding hydrogens is 324 g/mol. The molecule has 6 nitrogen and oxygen atoms in total. The highest BCUT2D eigenvalue weighted by Gasteiger charge is 2.35. The minimum atomic E-state index is -2.72. The third-order valence-electron chi connectivity index (χ3n) is 2.74. The van der Waals surface area contributed by atoms with E-state index in [4.69, 9.17) is 26.6 Å². The van der Waals surface area contributed by atoms with Gasteiger partial charge >= 0.3 is 17.6 Å². The summed E-state index contributed by atoms with van der Waals surface area (Å²) in [6.07, 6.45) is 0. The second-order valence-electron chi connectivity index (χ2n) is 3.86. The lowest BCUT2D eigenvalue weighted by Crippen LogP contribution is -2.41. The van der Waals surface area contributed by atoms with Crippen molar-refractivity contribution in [3.8, 4) is 0 Å². The molecule has 9 heteroatoms. The third kappa shape index (κ3) is 6.47. The van der Waals surface area contributed by atoms with E-state index < -0.39 is 26.0 Å². The van der Waals surface area contributed by atoms with Crippen LogP contribution in [0.3, 0.4) is 0 Å². The average molecular weight is 349 g/mol. The van der Waals surface area contributed by atoms with Crippen LogP contribution in [0.15, 0.2) is 22.8 Å². The predicted molar refractivity (Wildman–Crippen MR) is 87.4 cm³/mol. The Morgan fingerprint density at radius 2 is 1.10 bits per heavy atom. The van der Waals surface area contributed by atoms with Crippen LogP contribution in [0.5, 0.6) is 0 Å². The summed E-state index contributed by atoms with van der Waals surface area (Å²) in [6.45, 7) is 2.05. The minimum Gasteiger partial charge on any atom is -0.373 e. The van der Waals surface area contributed by atoms with Crippen molar-refractivity contribution in [3.63, 3.8) is 0 Å². The minimum absolute atomic E-state index is 1.02. The van der Waals surface area contributed by atoms with E-state index in [0.29, 0.717) is 0 Å². The van der Waals surface area contributed by atoms with Gasteiger partial charge in [0.1, 0.15) is 0 Å². The van der Waals surface area contributed by atoms with Gasteiger partial charge in [-0.1, -0.05) is 0 Å². The van der Waals surface area contributed by atoms with Crippen molar-refractivity contribution in [2.45, 2.75) is 6.55 Å². The fourth-order valence-electron chi connectivity index (χ4n) is 1.37. The van der Waals surface area contributed by atoms with E-state index in [-0.39, 0.29) is 0 Å². The lowest BCUT2D eigenvalue weighted by atomic mass is 11.0. The molecule has 0 spiro atoms. The molecule has 0 unspecified atom stereocenters. The van der Waals surface area contributed by atoms with Crippen molar-refractivity contribution in [1.29, 1.82) is 0 Å². The van der Waals surface area contributed by atoms with Gasteiger partial charge in [0.2, 0.25) is 0 Å². The van der Waals surface area contributed by atoms with Crippen molar-refractivity contribution >= 4 is 31.3 Å². The molecule has 0 aromatic carbocycles. The first-order valence-corrected chi connectivity index (χ1v) is 11.8. The summed E-state index contributed by atoms with van der Waals surface area (Å²) in [6, 6.07) is 0. The van der Waals surface area contributed by atoms with Gasteiger partial charge in [0.05, 0.1) is 8.41 Å². The van der Waals surface area contributed by atoms with Gasteiger partial charge in [0.25, 0.3) is 0 Å². The van der Waals surface area contributed by atoms with Crippen molar-refractivity contribution < 1.29 is 26.6 Å². The van der Waals surface area contributed by atoms with Gasteiger partial charge in [-0.05, 0) is 12.2 Å². The zero-order chi connectivity index (χ0) is 16.4. The van der Waals surface area contributed by atoms with E-state index in [2.05, 4.69) is 17.6 Å². The van der Waals surface area contributed by atoms with Crippen LogP contribution >= 0.6 is 0 Å². The average Bonchev–Trinajstić information content (AvgIpc) is 2.54. The lowest BCUT2D eigenvalue weighted by Gasteiger charge is -2.19. The standard InChI is InChI=1S/C12H24O6Si3/c1-13-20(14-2,15-3)11-8-9-19(7)10-12-21(16-4,17-5)18-6/h9,11-12H,1-7H3. The quantitative estimate of drug-likeness (QED) is 0.452. The van der Waals surface area contributed by atoms with Gasteiger partial charge in [0, 0.05) is 54.1 Å². The van der Waals surface area contributed by atoms with Gasteiger partial charge in [-0.25, -0.2) is 0 Å². The van der Waals surface area contributed by atoms with Crippen molar-refractivity contribution in [2.24, 2.45) is 0 Å². The van der Waals surface area contributed by atoms with E-state index in [1.54, 1.807) is 54.1 Å². The van der Waals surface area contributed by atoms with Crippen LogP contribution in [0.4, 0.5) is 0 Å². The molecule has 0 saturated heterocycles. The Labute approximate surface area is 130 Å². The monoisotopic (exact) mass is 348 g/mol. The maximum Gasteiger partial charge on any atom is 0.536 e. The molecular formula is C12H24O6Si3. The Kier molecular flexibility index (Phi) is 10.1. The molecule has 0 aliphatic carbocycles. The molecule has 0 aromatic rings. The summed E-state index contributed by atoms with van der Waals surface area (Å²) in [4.78, 5) is 0. The topological polar surface area (TPSA) is 55.4 Å². The molecule has 21 heavy (non-hydrogen) atoms. The van der Waals surface area contributed by atoms with E-state index >= 15 is 0 Å². The first-order chi connectivity index (χ1) is 9.96. The van der Waals surface area contributed by atoms with Crippen molar-refractivity contribution in [1.82, 2.24) is 0 Å². The highest BCUT2D eigenvalue weighted by atomic mass is 28.4. The van der Waals surface area contributed by atoms with Crippen LogP contribution in [0.25, 0.3) is 0 Å². The zero-order valence-corrected chi connectivity index (χ0v) is 16.7. The molecule has 0 saturated carbocycles. The molecule has 0 aliphatic rings. The highest BCUT2D eigenvalue weighted by Crippen LogP contribution is 2.06. The fourth-order valence-corrected chi connectivity index (χ4v) is 5.56. The summed E-state index contributed by atoms with van der Waals surface area (Å²) in [5, 5.41) is 3.24. The first-order valence-electron chi connectivity index (χ1n) is 6.16. The van der Waals surface area contributed by atoms with Crippen LogP contribution in [-0.4, -0.2) is 74.0 Å². The molecule has 0 aliphatic heterocycles. The second-order valence-corrected chi connectivity index (χ2v) is 11.2. The zero-order valence-electron chi connectivity index (χ0n) is 13.7. The van der Waals surface area contributed by atoms with Crippen LogP contribution in [0.1, 0.15) is 0 Å². The summed E-state index contributed by atoms with van der Waals surface area (Å²) in [7, 11) is 2.89. The maximum atomic E-state index is 5.30. The predicted octanol–water partition coefficient (Wildman–Crippen LogP) is 0.735.